The van der Waals surface area contributed by atoms with Crippen molar-refractivity contribution in [3.63, 3.8) is 0 Å². The van der Waals surface area contributed by atoms with E-state index >= 15 is 0 Å². The number of rotatable bonds is 4. The number of carbonyl (C=O) groups excluding carboxylic acids is 1. The molecule has 28 heavy (non-hydrogen) atoms. The normalized spacial score (nSPS) is 23.8. The lowest BCUT2D eigenvalue weighted by Crippen LogP contribution is -2.57. The van der Waals surface area contributed by atoms with Gasteiger partial charge >= 0.3 is 0 Å². The van der Waals surface area contributed by atoms with E-state index in [1.165, 1.54) is 17.5 Å². The van der Waals surface area contributed by atoms with Crippen molar-refractivity contribution in [1.29, 1.82) is 0 Å². The van der Waals surface area contributed by atoms with Crippen LogP contribution in [0.4, 0.5) is 0 Å². The molecule has 2 atom stereocenters. The molecule has 158 valence electrons. The number of ether oxygens (including phenoxy) is 2. The Morgan fingerprint density at radius 1 is 1.21 bits per heavy atom. The third kappa shape index (κ3) is 4.44. The molecule has 8 nitrogen and oxygen atoms in total. The fourth-order valence-electron chi connectivity index (χ4n) is 3.45. The van der Waals surface area contributed by atoms with E-state index in [-0.39, 0.29) is 54.1 Å². The van der Waals surface area contributed by atoms with Crippen LogP contribution in [0.25, 0.3) is 0 Å². The first-order valence-corrected chi connectivity index (χ1v) is 10.6. The van der Waals surface area contributed by atoms with E-state index in [4.69, 9.17) is 9.47 Å². The SMILES string of the molecule is COc1ccc(C(=O)N2CCNC(C)C2C)cc1S(=O)(=O)N1CCOCC1.Cl. The predicted molar refractivity (Wildman–Crippen MR) is 108 cm³/mol. The molecule has 0 aliphatic carbocycles. The van der Waals surface area contributed by atoms with Gasteiger partial charge in [-0.15, -0.1) is 12.4 Å². The Bertz CT molecular complexity index is 798. The predicted octanol–water partition coefficient (Wildman–Crippen LogP) is 0.960. The minimum absolute atomic E-state index is 0. The molecule has 2 aliphatic heterocycles. The summed E-state index contributed by atoms with van der Waals surface area (Å²) in [6, 6.07) is 4.81. The van der Waals surface area contributed by atoms with Crippen LogP contribution in [-0.2, 0) is 14.8 Å². The van der Waals surface area contributed by atoms with Crippen molar-refractivity contribution in [3.05, 3.63) is 23.8 Å². The first kappa shape index (κ1) is 22.9. The lowest BCUT2D eigenvalue weighted by molar-refractivity contribution is 0.0602. The number of methoxy groups -OCH3 is 1. The highest BCUT2D eigenvalue weighted by molar-refractivity contribution is 7.89. The van der Waals surface area contributed by atoms with Crippen molar-refractivity contribution in [3.8, 4) is 5.75 Å². The quantitative estimate of drug-likeness (QED) is 0.760. The summed E-state index contributed by atoms with van der Waals surface area (Å²) < 4.78 is 38.1. The molecule has 0 saturated carbocycles. The zero-order chi connectivity index (χ0) is 19.6. The molecule has 0 spiro atoms. The highest BCUT2D eigenvalue weighted by Gasteiger charge is 2.32. The van der Waals surface area contributed by atoms with Gasteiger partial charge in [0, 0.05) is 43.8 Å². The number of carbonyl (C=O) groups is 1. The standard InChI is InChI=1S/C18H27N3O5S.ClH/c1-13-14(2)21(7-6-19-13)18(22)15-4-5-16(25-3)17(12-15)27(23,24)20-8-10-26-11-9-20;/h4-5,12-14,19H,6-11H2,1-3H3;1H. The lowest BCUT2D eigenvalue weighted by atomic mass is 10.1. The monoisotopic (exact) mass is 433 g/mol. The van der Waals surface area contributed by atoms with Crippen molar-refractivity contribution in [2.24, 2.45) is 0 Å². The van der Waals surface area contributed by atoms with Gasteiger partial charge in [0.2, 0.25) is 10.0 Å². The first-order valence-electron chi connectivity index (χ1n) is 9.16. The molecular weight excluding hydrogens is 406 g/mol. The van der Waals surface area contributed by atoms with E-state index in [1.54, 1.807) is 17.0 Å². The van der Waals surface area contributed by atoms with Gasteiger partial charge in [-0.1, -0.05) is 0 Å². The van der Waals surface area contributed by atoms with Crippen LogP contribution in [0.5, 0.6) is 5.75 Å². The van der Waals surface area contributed by atoms with Gasteiger partial charge in [-0.2, -0.15) is 4.31 Å². The topological polar surface area (TPSA) is 88.2 Å². The molecule has 10 heteroatoms. The molecule has 1 amide bonds. The molecule has 1 aromatic carbocycles. The average Bonchev–Trinajstić information content (AvgIpc) is 2.69. The van der Waals surface area contributed by atoms with Gasteiger partial charge in [-0.05, 0) is 32.0 Å². The number of hydrogen-bond donors (Lipinski definition) is 1. The van der Waals surface area contributed by atoms with Gasteiger partial charge in [0.25, 0.3) is 5.91 Å². The maximum atomic E-state index is 13.1. The Hall–Kier alpha value is -1.39. The molecular formula is C18H28ClN3O5S. The average molecular weight is 434 g/mol. The molecule has 2 heterocycles. The zero-order valence-corrected chi connectivity index (χ0v) is 18.0. The maximum absolute atomic E-state index is 13.1. The molecule has 2 unspecified atom stereocenters. The number of nitrogens with zero attached hydrogens (tertiary/aromatic N) is 2. The fourth-order valence-corrected chi connectivity index (χ4v) is 5.04. The van der Waals surface area contributed by atoms with Crippen LogP contribution in [0.2, 0.25) is 0 Å². The number of nitrogens with one attached hydrogen (secondary N) is 1. The van der Waals surface area contributed by atoms with Gasteiger partial charge in [0.1, 0.15) is 10.6 Å². The van der Waals surface area contributed by atoms with E-state index in [2.05, 4.69) is 5.32 Å². The second kappa shape index (κ2) is 9.41. The maximum Gasteiger partial charge on any atom is 0.254 e. The van der Waals surface area contributed by atoms with Crippen molar-refractivity contribution in [2.75, 3.05) is 46.5 Å². The minimum Gasteiger partial charge on any atom is -0.495 e. The van der Waals surface area contributed by atoms with Gasteiger partial charge in [0.15, 0.2) is 0 Å². The summed E-state index contributed by atoms with van der Waals surface area (Å²) in [5.41, 5.74) is 0.351. The third-order valence-corrected chi connectivity index (χ3v) is 7.21. The van der Waals surface area contributed by atoms with Gasteiger partial charge in [-0.25, -0.2) is 8.42 Å². The molecule has 1 N–H and O–H groups in total. The van der Waals surface area contributed by atoms with Gasteiger partial charge < -0.3 is 19.7 Å². The van der Waals surface area contributed by atoms with Gasteiger partial charge in [-0.3, -0.25) is 4.79 Å². The Balaban J connectivity index is 0.00000280. The summed E-state index contributed by atoms with van der Waals surface area (Å²) in [4.78, 5) is 14.8. The summed E-state index contributed by atoms with van der Waals surface area (Å²) in [6.07, 6.45) is 0. The summed E-state index contributed by atoms with van der Waals surface area (Å²) >= 11 is 0. The number of piperazine rings is 1. The summed E-state index contributed by atoms with van der Waals surface area (Å²) in [7, 11) is -2.34. The molecule has 2 saturated heterocycles. The zero-order valence-electron chi connectivity index (χ0n) is 16.4. The second-order valence-electron chi connectivity index (χ2n) is 6.86. The van der Waals surface area contributed by atoms with E-state index in [1.807, 2.05) is 13.8 Å². The molecule has 3 rings (SSSR count). The first-order chi connectivity index (χ1) is 12.9. The number of benzene rings is 1. The number of sulfonamides is 1. The highest BCUT2D eigenvalue weighted by atomic mass is 35.5. The number of morpholine rings is 1. The minimum atomic E-state index is -3.77. The van der Waals surface area contributed by atoms with Crippen molar-refractivity contribution in [2.45, 2.75) is 30.8 Å². The number of hydrogen-bond acceptors (Lipinski definition) is 6. The smallest absolute Gasteiger partial charge is 0.254 e. The lowest BCUT2D eigenvalue weighted by Gasteiger charge is -2.38. The van der Waals surface area contributed by atoms with E-state index in [0.29, 0.717) is 31.9 Å². The highest BCUT2D eigenvalue weighted by Crippen LogP contribution is 2.29. The van der Waals surface area contributed by atoms with Crippen molar-refractivity contribution in [1.82, 2.24) is 14.5 Å². The largest absolute Gasteiger partial charge is 0.495 e. The van der Waals surface area contributed by atoms with Gasteiger partial charge in [0.05, 0.1) is 20.3 Å². The van der Waals surface area contributed by atoms with E-state index < -0.39 is 10.0 Å². The van der Waals surface area contributed by atoms with Crippen LogP contribution in [-0.4, -0.2) is 82.1 Å². The Kier molecular flexibility index (Phi) is 7.69. The van der Waals surface area contributed by atoms with Crippen molar-refractivity contribution < 1.29 is 22.7 Å². The number of amides is 1. The van der Waals surface area contributed by atoms with Crippen LogP contribution >= 0.6 is 12.4 Å². The van der Waals surface area contributed by atoms with E-state index in [9.17, 15) is 13.2 Å². The number of halogens is 1. The fraction of sp³-hybridized carbons (Fsp3) is 0.611. The summed E-state index contributed by atoms with van der Waals surface area (Å²) in [5.74, 6) is 0.0664. The molecule has 0 aromatic heterocycles. The molecule has 0 radical (unpaired) electrons. The van der Waals surface area contributed by atoms with Crippen LogP contribution in [0.15, 0.2) is 23.1 Å². The molecule has 2 aliphatic rings. The van der Waals surface area contributed by atoms with Crippen LogP contribution < -0.4 is 10.1 Å². The van der Waals surface area contributed by atoms with E-state index in [0.717, 1.165) is 0 Å². The van der Waals surface area contributed by atoms with Crippen LogP contribution in [0.3, 0.4) is 0 Å². The van der Waals surface area contributed by atoms with Crippen molar-refractivity contribution >= 4 is 28.3 Å². The molecule has 1 aromatic rings. The summed E-state index contributed by atoms with van der Waals surface area (Å²) in [5, 5.41) is 3.34. The second-order valence-corrected chi connectivity index (χ2v) is 8.77. The van der Waals surface area contributed by atoms with Crippen LogP contribution in [0, 0.1) is 0 Å². The molecule has 0 bridgehead atoms. The van der Waals surface area contributed by atoms with Crippen LogP contribution in [0.1, 0.15) is 24.2 Å². The summed E-state index contributed by atoms with van der Waals surface area (Å²) in [6.45, 7) is 6.61. The Morgan fingerprint density at radius 3 is 2.54 bits per heavy atom. The Labute approximate surface area is 172 Å². The molecule has 2 fully saturated rings. The third-order valence-electron chi connectivity index (χ3n) is 5.29. The Morgan fingerprint density at radius 2 is 1.89 bits per heavy atom.